The Morgan fingerprint density at radius 1 is 1.19 bits per heavy atom. The van der Waals surface area contributed by atoms with E-state index in [9.17, 15) is 23.3 Å². The molecule has 0 atom stereocenters. The molecule has 9 heteroatoms. The average Bonchev–Trinajstić information content (AvgIpc) is 2.96. The fourth-order valence-corrected chi connectivity index (χ4v) is 4.33. The van der Waals surface area contributed by atoms with Gasteiger partial charge in [-0.15, -0.1) is 0 Å². The van der Waals surface area contributed by atoms with E-state index in [0.29, 0.717) is 35.5 Å². The fraction of sp³-hybridized carbons (Fsp3) is 0.235. The topological polar surface area (TPSA) is 110 Å². The number of rotatable bonds is 4. The monoisotopic (exact) mass is 375 g/mol. The van der Waals surface area contributed by atoms with E-state index in [0.717, 1.165) is 0 Å². The van der Waals surface area contributed by atoms with Crippen molar-refractivity contribution in [3.8, 4) is 0 Å². The van der Waals surface area contributed by atoms with Crippen molar-refractivity contribution in [1.29, 1.82) is 0 Å². The number of amides is 1. The van der Waals surface area contributed by atoms with E-state index in [1.165, 1.54) is 28.6 Å². The number of nitrogens with one attached hydrogen (secondary N) is 1. The number of anilines is 2. The molecule has 8 nitrogen and oxygen atoms in total. The number of benzene rings is 2. The minimum absolute atomic E-state index is 0.111. The molecule has 1 amide bonds. The lowest BCUT2D eigenvalue weighted by molar-refractivity contribution is -0.384. The number of hydrogen-bond donors (Lipinski definition) is 1. The highest BCUT2D eigenvalue weighted by Gasteiger charge is 2.28. The molecule has 0 unspecified atom stereocenters. The molecule has 1 aliphatic rings. The van der Waals surface area contributed by atoms with E-state index in [1.54, 1.807) is 25.1 Å². The van der Waals surface area contributed by atoms with Crippen LogP contribution < -0.4 is 9.62 Å². The average molecular weight is 375 g/mol. The van der Waals surface area contributed by atoms with Crippen molar-refractivity contribution in [2.24, 2.45) is 0 Å². The molecule has 0 spiro atoms. The van der Waals surface area contributed by atoms with Crippen LogP contribution in [0.3, 0.4) is 0 Å². The largest absolute Gasteiger partial charge is 0.321 e. The molecule has 26 heavy (non-hydrogen) atoms. The molecule has 2 aromatic rings. The van der Waals surface area contributed by atoms with Crippen LogP contribution in [-0.2, 0) is 10.0 Å². The molecular formula is C17H17N3O5S. The Hall–Kier alpha value is -2.94. The summed E-state index contributed by atoms with van der Waals surface area (Å²) in [6.45, 7) is 2.17. The van der Waals surface area contributed by atoms with Crippen LogP contribution in [-0.4, -0.2) is 31.5 Å². The van der Waals surface area contributed by atoms with Crippen LogP contribution in [0.2, 0.25) is 0 Å². The Morgan fingerprint density at radius 3 is 2.46 bits per heavy atom. The van der Waals surface area contributed by atoms with Crippen LogP contribution >= 0.6 is 0 Å². The normalized spacial score (nSPS) is 15.7. The van der Waals surface area contributed by atoms with Crippen LogP contribution in [0.5, 0.6) is 0 Å². The number of nitro groups is 1. The summed E-state index contributed by atoms with van der Waals surface area (Å²) in [6.07, 6.45) is 0.580. The maximum Gasteiger partial charge on any atom is 0.271 e. The Kier molecular flexibility index (Phi) is 4.64. The number of aryl methyl sites for hydroxylation is 1. The second-order valence-corrected chi connectivity index (χ2v) is 8.01. The van der Waals surface area contributed by atoms with Gasteiger partial charge in [-0.2, -0.15) is 0 Å². The van der Waals surface area contributed by atoms with Gasteiger partial charge in [0, 0.05) is 24.2 Å². The van der Waals surface area contributed by atoms with E-state index < -0.39 is 20.9 Å². The molecule has 3 rings (SSSR count). The summed E-state index contributed by atoms with van der Waals surface area (Å²) in [5.74, 6) is -0.300. The lowest BCUT2D eigenvalue weighted by Gasteiger charge is -2.17. The highest BCUT2D eigenvalue weighted by atomic mass is 32.2. The Labute approximate surface area is 150 Å². The third-order valence-electron chi connectivity index (χ3n) is 4.20. The van der Waals surface area contributed by atoms with E-state index in [4.69, 9.17) is 0 Å². The number of nitro benzene ring substituents is 1. The summed E-state index contributed by atoms with van der Waals surface area (Å²) in [4.78, 5) is 22.7. The fourth-order valence-electron chi connectivity index (χ4n) is 2.76. The van der Waals surface area contributed by atoms with E-state index in [1.807, 2.05) is 0 Å². The van der Waals surface area contributed by atoms with Crippen LogP contribution in [0, 0.1) is 17.0 Å². The second kappa shape index (κ2) is 6.75. The molecule has 1 aliphatic heterocycles. The summed E-state index contributed by atoms with van der Waals surface area (Å²) >= 11 is 0. The highest BCUT2D eigenvalue weighted by Crippen LogP contribution is 2.25. The lowest BCUT2D eigenvalue weighted by Crippen LogP contribution is -2.25. The molecule has 0 aliphatic carbocycles. The first-order valence-corrected chi connectivity index (χ1v) is 9.56. The van der Waals surface area contributed by atoms with E-state index in [2.05, 4.69) is 5.32 Å². The summed E-state index contributed by atoms with van der Waals surface area (Å²) in [5, 5.41) is 13.5. The predicted octanol–water partition coefficient (Wildman–Crippen LogP) is 2.70. The van der Waals surface area contributed by atoms with Crippen molar-refractivity contribution in [1.82, 2.24) is 0 Å². The molecule has 1 saturated heterocycles. The van der Waals surface area contributed by atoms with E-state index >= 15 is 0 Å². The first kappa shape index (κ1) is 17.9. The predicted molar refractivity (Wildman–Crippen MR) is 98.0 cm³/mol. The molecule has 0 aromatic heterocycles. The van der Waals surface area contributed by atoms with Crippen molar-refractivity contribution in [2.75, 3.05) is 21.9 Å². The zero-order chi connectivity index (χ0) is 18.9. The summed E-state index contributed by atoms with van der Waals surface area (Å²) in [6, 6.07) is 10.5. The number of sulfonamides is 1. The summed E-state index contributed by atoms with van der Waals surface area (Å²) < 4.78 is 25.2. The SMILES string of the molecule is Cc1ccc([N+](=O)[O-])cc1NC(=O)c1ccc(N2CCCS2(=O)=O)cc1. The third kappa shape index (κ3) is 3.52. The summed E-state index contributed by atoms with van der Waals surface area (Å²) in [7, 11) is -3.27. The Balaban J connectivity index is 1.79. The molecule has 0 saturated carbocycles. The maximum absolute atomic E-state index is 12.4. The van der Waals surface area contributed by atoms with Gasteiger partial charge < -0.3 is 5.32 Å². The summed E-state index contributed by atoms with van der Waals surface area (Å²) in [5.41, 5.74) is 1.79. The minimum Gasteiger partial charge on any atom is -0.321 e. The Bertz CT molecular complexity index is 970. The zero-order valence-electron chi connectivity index (χ0n) is 14.0. The van der Waals surface area contributed by atoms with Crippen LogP contribution in [0.1, 0.15) is 22.3 Å². The molecular weight excluding hydrogens is 358 g/mol. The smallest absolute Gasteiger partial charge is 0.271 e. The van der Waals surface area contributed by atoms with E-state index in [-0.39, 0.29) is 11.4 Å². The zero-order valence-corrected chi connectivity index (χ0v) is 14.8. The lowest BCUT2D eigenvalue weighted by atomic mass is 10.1. The highest BCUT2D eigenvalue weighted by molar-refractivity contribution is 7.93. The van der Waals surface area contributed by atoms with Crippen LogP contribution in [0.4, 0.5) is 17.1 Å². The number of carbonyl (C=O) groups is 1. The van der Waals surface area contributed by atoms with Gasteiger partial charge in [0.05, 0.1) is 22.1 Å². The maximum atomic E-state index is 12.4. The second-order valence-electron chi connectivity index (χ2n) is 6.00. The van der Waals surface area contributed by atoms with Gasteiger partial charge in [-0.1, -0.05) is 6.07 Å². The minimum atomic E-state index is -3.27. The van der Waals surface area contributed by atoms with Gasteiger partial charge in [-0.25, -0.2) is 8.42 Å². The molecule has 0 bridgehead atoms. The van der Waals surface area contributed by atoms with Crippen molar-refractivity contribution < 1.29 is 18.1 Å². The van der Waals surface area contributed by atoms with Gasteiger partial charge in [0.1, 0.15) is 0 Å². The number of hydrogen-bond acceptors (Lipinski definition) is 5. The van der Waals surface area contributed by atoms with Crippen LogP contribution in [0.25, 0.3) is 0 Å². The third-order valence-corrected chi connectivity index (χ3v) is 6.07. The first-order chi connectivity index (χ1) is 12.3. The first-order valence-electron chi connectivity index (χ1n) is 7.95. The van der Waals surface area contributed by atoms with Crippen molar-refractivity contribution in [2.45, 2.75) is 13.3 Å². The van der Waals surface area contributed by atoms with Gasteiger partial charge in [0.15, 0.2) is 0 Å². The number of nitrogens with zero attached hydrogens (tertiary/aromatic N) is 2. The quantitative estimate of drug-likeness (QED) is 0.653. The van der Waals surface area contributed by atoms with Gasteiger partial charge in [0.2, 0.25) is 10.0 Å². The van der Waals surface area contributed by atoms with Crippen molar-refractivity contribution >= 4 is 33.0 Å². The Morgan fingerprint density at radius 2 is 1.88 bits per heavy atom. The molecule has 136 valence electrons. The van der Waals surface area contributed by atoms with Gasteiger partial charge >= 0.3 is 0 Å². The standard InChI is InChI=1S/C17H17N3O5S/c1-12-3-6-15(20(22)23)11-16(12)18-17(21)13-4-7-14(8-5-13)19-9-2-10-26(19,24)25/h3-8,11H,2,9-10H2,1H3,(H,18,21). The molecule has 1 heterocycles. The number of carbonyl (C=O) groups excluding carboxylic acids is 1. The number of non-ortho nitro benzene ring substituents is 1. The molecule has 2 aromatic carbocycles. The molecule has 1 N–H and O–H groups in total. The van der Waals surface area contributed by atoms with Gasteiger partial charge in [-0.05, 0) is 43.2 Å². The van der Waals surface area contributed by atoms with Crippen molar-refractivity contribution in [3.63, 3.8) is 0 Å². The molecule has 1 fully saturated rings. The molecule has 0 radical (unpaired) electrons. The van der Waals surface area contributed by atoms with Crippen molar-refractivity contribution in [3.05, 3.63) is 63.7 Å². The van der Waals surface area contributed by atoms with Crippen LogP contribution in [0.15, 0.2) is 42.5 Å². The van der Waals surface area contributed by atoms with Gasteiger partial charge in [0.25, 0.3) is 11.6 Å². The van der Waals surface area contributed by atoms with Gasteiger partial charge in [-0.3, -0.25) is 19.2 Å².